The molecule has 1 aromatic carbocycles. The number of halogens is 1. The molecule has 0 radical (unpaired) electrons. The molecule has 0 aliphatic heterocycles. The Morgan fingerprint density at radius 2 is 1.83 bits per heavy atom. The zero-order chi connectivity index (χ0) is 21.7. The third-order valence-corrected chi connectivity index (χ3v) is 4.46. The molecule has 2 heterocycles. The smallest absolute Gasteiger partial charge is 0.266 e. The van der Waals surface area contributed by atoms with Crippen molar-refractivity contribution < 1.29 is 9.18 Å². The number of nitrogens with one attached hydrogen (secondary N) is 1. The monoisotopic (exact) mass is 411 g/mol. The predicted octanol–water partition coefficient (Wildman–Crippen LogP) is 1.55. The fourth-order valence-corrected chi connectivity index (χ4v) is 2.77. The minimum absolute atomic E-state index is 0.123. The van der Waals surface area contributed by atoms with E-state index in [0.717, 1.165) is 0 Å². The largest absolute Gasteiger partial charge is 0.353 e. The van der Waals surface area contributed by atoms with Crippen LogP contribution in [0, 0.1) is 5.82 Å². The predicted molar refractivity (Wildman–Crippen MR) is 109 cm³/mol. The van der Waals surface area contributed by atoms with Gasteiger partial charge in [0.15, 0.2) is 0 Å². The second-order valence-electron chi connectivity index (χ2n) is 7.07. The molecule has 3 aromatic rings. The average Bonchev–Trinajstić information content (AvgIpc) is 2.71. The molecule has 30 heavy (non-hydrogen) atoms. The van der Waals surface area contributed by atoms with E-state index in [9.17, 15) is 18.8 Å². The summed E-state index contributed by atoms with van der Waals surface area (Å²) in [6, 6.07) is 10.1. The van der Waals surface area contributed by atoms with Crippen molar-refractivity contribution in [1.82, 2.24) is 24.6 Å². The van der Waals surface area contributed by atoms with Gasteiger partial charge in [0.2, 0.25) is 5.91 Å². The number of amides is 1. The van der Waals surface area contributed by atoms with E-state index in [1.165, 1.54) is 39.8 Å². The molecule has 3 rings (SSSR count). The van der Waals surface area contributed by atoms with Crippen LogP contribution in [0.5, 0.6) is 0 Å². The van der Waals surface area contributed by atoms with Gasteiger partial charge in [0.05, 0.1) is 24.3 Å². The first-order valence-electron chi connectivity index (χ1n) is 9.50. The Hall–Kier alpha value is -3.62. The van der Waals surface area contributed by atoms with Crippen LogP contribution in [0.4, 0.5) is 4.39 Å². The molecule has 0 aliphatic carbocycles. The Morgan fingerprint density at radius 1 is 1.10 bits per heavy atom. The van der Waals surface area contributed by atoms with Crippen molar-refractivity contribution in [2.75, 3.05) is 6.54 Å². The molecule has 0 atom stereocenters. The van der Waals surface area contributed by atoms with E-state index in [1.807, 2.05) is 13.8 Å². The lowest BCUT2D eigenvalue weighted by molar-refractivity contribution is -0.121. The van der Waals surface area contributed by atoms with Gasteiger partial charge in [-0.1, -0.05) is 13.8 Å². The van der Waals surface area contributed by atoms with E-state index < -0.39 is 0 Å². The zero-order valence-electron chi connectivity index (χ0n) is 16.7. The summed E-state index contributed by atoms with van der Waals surface area (Å²) < 4.78 is 15.5. The molecule has 0 fully saturated rings. The van der Waals surface area contributed by atoms with Crippen LogP contribution in [0.1, 0.15) is 25.5 Å². The van der Waals surface area contributed by atoms with Crippen molar-refractivity contribution in [3.05, 3.63) is 81.0 Å². The van der Waals surface area contributed by atoms with Crippen molar-refractivity contribution in [2.24, 2.45) is 0 Å². The molecular weight excluding hydrogens is 389 g/mol. The topological polar surface area (TPSA) is 98.9 Å². The van der Waals surface area contributed by atoms with Gasteiger partial charge in [-0.15, -0.1) is 0 Å². The van der Waals surface area contributed by atoms with Gasteiger partial charge in [0, 0.05) is 24.2 Å². The van der Waals surface area contributed by atoms with E-state index in [4.69, 9.17) is 0 Å². The summed E-state index contributed by atoms with van der Waals surface area (Å²) >= 11 is 0. The third-order valence-electron chi connectivity index (χ3n) is 4.46. The number of aromatic nitrogens is 4. The van der Waals surface area contributed by atoms with Gasteiger partial charge in [-0.25, -0.2) is 14.1 Å². The van der Waals surface area contributed by atoms with Crippen LogP contribution in [-0.2, 0) is 17.9 Å². The van der Waals surface area contributed by atoms with Gasteiger partial charge in [-0.3, -0.25) is 19.0 Å². The summed E-state index contributed by atoms with van der Waals surface area (Å²) in [5.74, 6) is -0.612. The molecular formula is C21H22FN5O3. The highest BCUT2D eigenvalue weighted by molar-refractivity contribution is 5.75. The van der Waals surface area contributed by atoms with E-state index in [2.05, 4.69) is 15.4 Å². The number of carbonyl (C=O) groups excluding carboxylic acids is 1. The second-order valence-corrected chi connectivity index (χ2v) is 7.07. The molecule has 8 nitrogen and oxygen atoms in total. The van der Waals surface area contributed by atoms with Crippen LogP contribution in [0.15, 0.2) is 58.4 Å². The fraction of sp³-hybridized carbons (Fsp3) is 0.286. The van der Waals surface area contributed by atoms with Gasteiger partial charge in [-0.05, 0) is 36.2 Å². The Labute approximate surface area is 172 Å². The maximum Gasteiger partial charge on any atom is 0.266 e. The number of hydrogen-bond donors (Lipinski definition) is 1. The van der Waals surface area contributed by atoms with Crippen molar-refractivity contribution in [1.29, 1.82) is 0 Å². The fourth-order valence-electron chi connectivity index (χ4n) is 2.77. The summed E-state index contributed by atoms with van der Waals surface area (Å²) in [7, 11) is 0. The molecule has 0 saturated carbocycles. The van der Waals surface area contributed by atoms with Crippen molar-refractivity contribution >= 4 is 5.91 Å². The van der Waals surface area contributed by atoms with Crippen LogP contribution >= 0.6 is 0 Å². The lowest BCUT2D eigenvalue weighted by Crippen LogP contribution is -2.36. The van der Waals surface area contributed by atoms with Crippen LogP contribution in [-0.4, -0.2) is 31.8 Å². The van der Waals surface area contributed by atoms with Gasteiger partial charge in [0.1, 0.15) is 12.4 Å². The lowest BCUT2D eigenvalue weighted by atomic mass is 10.1. The Kier molecular flexibility index (Phi) is 6.51. The minimum Gasteiger partial charge on any atom is -0.353 e. The molecule has 2 aromatic heterocycles. The molecule has 1 amide bonds. The Bertz CT molecular complexity index is 1150. The van der Waals surface area contributed by atoms with E-state index >= 15 is 0 Å². The summed E-state index contributed by atoms with van der Waals surface area (Å²) in [5, 5.41) is 6.92. The maximum atomic E-state index is 13.1. The summed E-state index contributed by atoms with van der Waals surface area (Å²) in [6.45, 7) is 4.01. The van der Waals surface area contributed by atoms with Gasteiger partial charge < -0.3 is 5.32 Å². The first kappa shape index (κ1) is 21.1. The normalized spacial score (nSPS) is 10.9. The van der Waals surface area contributed by atoms with Crippen LogP contribution < -0.4 is 16.4 Å². The number of hydrogen-bond acceptors (Lipinski definition) is 5. The molecule has 0 unspecified atom stereocenters. The number of carbonyl (C=O) groups is 1. The Balaban J connectivity index is 1.60. The quantitative estimate of drug-likeness (QED) is 0.636. The molecule has 0 spiro atoms. The molecule has 0 bridgehead atoms. The summed E-state index contributed by atoms with van der Waals surface area (Å²) in [4.78, 5) is 40.4. The van der Waals surface area contributed by atoms with Crippen molar-refractivity contribution in [3.8, 4) is 11.3 Å². The number of nitrogens with zero attached hydrogens (tertiary/aromatic N) is 4. The van der Waals surface area contributed by atoms with E-state index in [-0.39, 0.29) is 48.4 Å². The van der Waals surface area contributed by atoms with Crippen LogP contribution in [0.25, 0.3) is 11.3 Å². The van der Waals surface area contributed by atoms with Gasteiger partial charge in [0.25, 0.3) is 11.1 Å². The van der Waals surface area contributed by atoms with Crippen molar-refractivity contribution in [2.45, 2.75) is 32.9 Å². The van der Waals surface area contributed by atoms with Crippen LogP contribution in [0.3, 0.4) is 0 Å². The highest BCUT2D eigenvalue weighted by atomic mass is 19.1. The summed E-state index contributed by atoms with van der Waals surface area (Å²) in [6.07, 6.45) is 1.36. The molecule has 1 N–H and O–H groups in total. The highest BCUT2D eigenvalue weighted by Crippen LogP contribution is 2.15. The minimum atomic E-state index is -0.376. The van der Waals surface area contributed by atoms with Gasteiger partial charge >= 0.3 is 0 Å². The maximum absolute atomic E-state index is 13.1. The average molecular weight is 411 g/mol. The number of benzene rings is 1. The molecule has 0 saturated heterocycles. The number of rotatable bonds is 7. The third kappa shape index (κ3) is 5.25. The van der Waals surface area contributed by atoms with Crippen LogP contribution in [0.2, 0.25) is 0 Å². The first-order valence-corrected chi connectivity index (χ1v) is 9.50. The first-order chi connectivity index (χ1) is 14.3. The SMILES string of the molecule is CC(C)c1cc(=O)n(CC(=O)NCCn2nc(-c3ccc(F)cc3)ccc2=O)cn1. The van der Waals surface area contributed by atoms with Gasteiger partial charge in [-0.2, -0.15) is 5.10 Å². The van der Waals surface area contributed by atoms with E-state index in [1.54, 1.807) is 18.2 Å². The van der Waals surface area contributed by atoms with Crippen molar-refractivity contribution in [3.63, 3.8) is 0 Å². The Morgan fingerprint density at radius 3 is 2.50 bits per heavy atom. The molecule has 0 aliphatic rings. The molecule has 156 valence electrons. The van der Waals surface area contributed by atoms with E-state index in [0.29, 0.717) is 17.0 Å². The molecule has 9 heteroatoms. The lowest BCUT2D eigenvalue weighted by Gasteiger charge is -2.10. The zero-order valence-corrected chi connectivity index (χ0v) is 16.7. The summed E-state index contributed by atoms with van der Waals surface area (Å²) in [5.41, 5.74) is 1.24. The second kappa shape index (κ2) is 9.25. The highest BCUT2D eigenvalue weighted by Gasteiger charge is 2.08. The standard InChI is InChI=1S/C21H22FN5O3/c1-14(2)18-11-21(30)26(13-24-18)12-19(28)23-9-10-27-20(29)8-7-17(25-27)15-3-5-16(22)6-4-15/h3-8,11,13-14H,9-10,12H2,1-2H3,(H,23,28).